The van der Waals surface area contributed by atoms with E-state index in [1.165, 1.54) is 12.1 Å². The topological polar surface area (TPSA) is 21.1 Å². The van der Waals surface area contributed by atoms with Gasteiger partial charge in [0.2, 0.25) is 0 Å². The van der Waals surface area contributed by atoms with E-state index in [2.05, 4.69) is 22.0 Å². The van der Waals surface area contributed by atoms with Crippen LogP contribution in [0.3, 0.4) is 0 Å². The van der Waals surface area contributed by atoms with Crippen molar-refractivity contribution >= 4 is 0 Å². The van der Waals surface area contributed by atoms with Gasteiger partial charge in [0.25, 0.3) is 0 Å². The predicted molar refractivity (Wildman–Crippen MR) is 89.8 cm³/mol. The molecule has 0 aliphatic carbocycles. The molecule has 0 aliphatic rings. The summed E-state index contributed by atoms with van der Waals surface area (Å²) in [5.74, 6) is -1.62. The van der Waals surface area contributed by atoms with Crippen LogP contribution in [-0.4, -0.2) is 21.5 Å². The van der Waals surface area contributed by atoms with Crippen LogP contribution in [0, 0.1) is 11.6 Å². The standard InChI is InChI=1S/C19H19F2N3/c1-14(16-5-8-18(20)19(21)11-16)23(2)12-15-3-6-17(7-4-15)24-10-9-22-13-24/h3-11,13-14H,12H2,1-2H3. The van der Waals surface area contributed by atoms with Gasteiger partial charge >= 0.3 is 0 Å². The summed E-state index contributed by atoms with van der Waals surface area (Å²) in [5, 5.41) is 0. The van der Waals surface area contributed by atoms with Gasteiger partial charge in [-0.25, -0.2) is 13.8 Å². The number of benzene rings is 2. The zero-order valence-corrected chi connectivity index (χ0v) is 13.7. The Balaban J connectivity index is 1.69. The molecule has 5 heteroatoms. The van der Waals surface area contributed by atoms with Gasteiger partial charge in [-0.15, -0.1) is 0 Å². The number of aromatic nitrogens is 2. The maximum Gasteiger partial charge on any atom is 0.159 e. The number of nitrogens with zero attached hydrogens (tertiary/aromatic N) is 3. The average molecular weight is 327 g/mol. The van der Waals surface area contributed by atoms with Crippen LogP contribution in [0.5, 0.6) is 0 Å². The molecule has 1 heterocycles. The van der Waals surface area contributed by atoms with Gasteiger partial charge < -0.3 is 4.57 Å². The van der Waals surface area contributed by atoms with Gasteiger partial charge in [0, 0.05) is 30.7 Å². The third-order valence-electron chi connectivity index (χ3n) is 4.26. The van der Waals surface area contributed by atoms with Crippen molar-refractivity contribution in [1.29, 1.82) is 0 Å². The van der Waals surface area contributed by atoms with E-state index in [4.69, 9.17) is 0 Å². The molecule has 0 saturated carbocycles. The minimum atomic E-state index is -0.816. The lowest BCUT2D eigenvalue weighted by atomic mass is 10.1. The van der Waals surface area contributed by atoms with Crippen LogP contribution in [0.2, 0.25) is 0 Å². The van der Waals surface area contributed by atoms with E-state index in [0.717, 1.165) is 16.8 Å². The average Bonchev–Trinajstić information content (AvgIpc) is 3.12. The highest BCUT2D eigenvalue weighted by Gasteiger charge is 2.14. The Hall–Kier alpha value is -2.53. The van der Waals surface area contributed by atoms with E-state index in [1.54, 1.807) is 18.6 Å². The van der Waals surface area contributed by atoms with Gasteiger partial charge in [-0.1, -0.05) is 18.2 Å². The Kier molecular flexibility index (Phi) is 4.71. The smallest absolute Gasteiger partial charge is 0.159 e. The Morgan fingerprint density at radius 2 is 1.83 bits per heavy atom. The molecular weight excluding hydrogens is 308 g/mol. The molecular formula is C19H19F2N3. The lowest BCUT2D eigenvalue weighted by Gasteiger charge is -2.25. The maximum atomic E-state index is 13.4. The summed E-state index contributed by atoms with van der Waals surface area (Å²) in [6.07, 6.45) is 5.39. The molecule has 2 aromatic carbocycles. The van der Waals surface area contributed by atoms with Gasteiger partial charge in [-0.2, -0.15) is 0 Å². The van der Waals surface area contributed by atoms with E-state index >= 15 is 0 Å². The molecule has 24 heavy (non-hydrogen) atoms. The van der Waals surface area contributed by atoms with E-state index < -0.39 is 11.6 Å². The molecule has 0 aliphatic heterocycles. The molecule has 0 spiro atoms. The minimum Gasteiger partial charge on any atom is -0.306 e. The fourth-order valence-electron chi connectivity index (χ4n) is 2.64. The maximum absolute atomic E-state index is 13.4. The van der Waals surface area contributed by atoms with Crippen LogP contribution in [0.25, 0.3) is 5.69 Å². The largest absolute Gasteiger partial charge is 0.306 e. The van der Waals surface area contributed by atoms with Crippen molar-refractivity contribution in [2.75, 3.05) is 7.05 Å². The summed E-state index contributed by atoms with van der Waals surface area (Å²) in [7, 11) is 1.97. The van der Waals surface area contributed by atoms with Crippen LogP contribution in [0.4, 0.5) is 8.78 Å². The molecule has 3 rings (SSSR count). The Labute approximate surface area is 140 Å². The normalized spacial score (nSPS) is 12.5. The molecule has 1 atom stereocenters. The van der Waals surface area contributed by atoms with Gasteiger partial charge in [0.1, 0.15) is 0 Å². The van der Waals surface area contributed by atoms with Crippen LogP contribution in [0.15, 0.2) is 61.2 Å². The Bertz CT molecular complexity index is 798. The van der Waals surface area contributed by atoms with Gasteiger partial charge in [-0.3, -0.25) is 4.90 Å². The van der Waals surface area contributed by atoms with Gasteiger partial charge in [-0.05, 0) is 49.4 Å². The molecule has 0 fully saturated rings. The SMILES string of the molecule is CC(c1ccc(F)c(F)c1)N(C)Cc1ccc(-n2ccnc2)cc1. The van der Waals surface area contributed by atoms with Crippen LogP contribution in [-0.2, 0) is 6.54 Å². The molecule has 0 radical (unpaired) electrons. The molecule has 0 amide bonds. The van der Waals surface area contributed by atoms with Crippen molar-refractivity contribution in [1.82, 2.24) is 14.5 Å². The Morgan fingerprint density at radius 1 is 1.08 bits per heavy atom. The summed E-state index contributed by atoms with van der Waals surface area (Å²) in [6.45, 7) is 2.69. The second kappa shape index (κ2) is 6.93. The zero-order chi connectivity index (χ0) is 17.1. The number of hydrogen-bond acceptors (Lipinski definition) is 2. The van der Waals surface area contributed by atoms with Crippen molar-refractivity contribution < 1.29 is 8.78 Å². The fourth-order valence-corrected chi connectivity index (χ4v) is 2.64. The molecule has 3 aromatic rings. The first-order chi connectivity index (χ1) is 11.5. The molecule has 0 N–H and O–H groups in total. The summed E-state index contributed by atoms with van der Waals surface area (Å²) in [6, 6.07) is 12.2. The van der Waals surface area contributed by atoms with E-state index in [0.29, 0.717) is 6.54 Å². The molecule has 1 aromatic heterocycles. The first-order valence-corrected chi connectivity index (χ1v) is 7.77. The number of hydrogen-bond donors (Lipinski definition) is 0. The lowest BCUT2D eigenvalue weighted by molar-refractivity contribution is 0.252. The highest BCUT2D eigenvalue weighted by atomic mass is 19.2. The minimum absolute atomic E-state index is 0.0200. The lowest BCUT2D eigenvalue weighted by Crippen LogP contribution is -2.22. The summed E-state index contributed by atoms with van der Waals surface area (Å²) < 4.78 is 28.4. The zero-order valence-electron chi connectivity index (χ0n) is 13.7. The Morgan fingerprint density at radius 3 is 2.46 bits per heavy atom. The second-order valence-electron chi connectivity index (χ2n) is 5.90. The summed E-state index contributed by atoms with van der Waals surface area (Å²) in [4.78, 5) is 6.13. The van der Waals surface area contributed by atoms with Crippen molar-refractivity contribution in [3.63, 3.8) is 0 Å². The second-order valence-corrected chi connectivity index (χ2v) is 5.90. The third kappa shape index (κ3) is 3.51. The van der Waals surface area contributed by atoms with Crippen molar-refractivity contribution in [3.8, 4) is 5.69 Å². The molecule has 0 bridgehead atoms. The molecule has 1 unspecified atom stereocenters. The third-order valence-corrected chi connectivity index (χ3v) is 4.26. The first-order valence-electron chi connectivity index (χ1n) is 7.77. The summed E-state index contributed by atoms with van der Waals surface area (Å²) >= 11 is 0. The van der Waals surface area contributed by atoms with Crippen LogP contribution in [0.1, 0.15) is 24.1 Å². The fraction of sp³-hybridized carbons (Fsp3) is 0.211. The van der Waals surface area contributed by atoms with Crippen LogP contribution >= 0.6 is 0 Å². The van der Waals surface area contributed by atoms with Crippen molar-refractivity contribution in [3.05, 3.63) is 83.9 Å². The van der Waals surface area contributed by atoms with E-state index in [-0.39, 0.29) is 6.04 Å². The van der Waals surface area contributed by atoms with Gasteiger partial charge in [0.15, 0.2) is 11.6 Å². The quantitative estimate of drug-likeness (QED) is 0.695. The molecule has 124 valence electrons. The van der Waals surface area contributed by atoms with Crippen molar-refractivity contribution in [2.45, 2.75) is 19.5 Å². The van der Waals surface area contributed by atoms with Crippen molar-refractivity contribution in [2.24, 2.45) is 0 Å². The highest BCUT2D eigenvalue weighted by molar-refractivity contribution is 5.34. The van der Waals surface area contributed by atoms with Crippen LogP contribution < -0.4 is 0 Å². The number of halogens is 2. The number of imidazole rings is 1. The van der Waals surface area contributed by atoms with Gasteiger partial charge in [0.05, 0.1) is 6.33 Å². The van der Waals surface area contributed by atoms with E-state index in [9.17, 15) is 8.78 Å². The predicted octanol–water partition coefficient (Wildman–Crippen LogP) is 4.34. The number of rotatable bonds is 5. The summed E-state index contributed by atoms with van der Waals surface area (Å²) in [5.41, 5.74) is 2.95. The van der Waals surface area contributed by atoms with E-state index in [1.807, 2.05) is 36.9 Å². The molecule has 3 nitrogen and oxygen atoms in total. The monoisotopic (exact) mass is 327 g/mol. The molecule has 0 saturated heterocycles. The highest BCUT2D eigenvalue weighted by Crippen LogP contribution is 2.22. The first kappa shape index (κ1) is 16.3.